The standard InChI is InChI=1S/C10H12O2S/c1-13-7-6-8-2-4-9(5-3-8)10(11)12/h2-5H,6-7H2,1H3,(H,11,12). The molecule has 0 aliphatic rings. The van der Waals surface area contributed by atoms with Gasteiger partial charge in [-0.2, -0.15) is 11.8 Å². The molecule has 1 rings (SSSR count). The van der Waals surface area contributed by atoms with Crippen molar-refractivity contribution < 1.29 is 9.90 Å². The molecule has 0 fully saturated rings. The van der Waals surface area contributed by atoms with Gasteiger partial charge < -0.3 is 5.11 Å². The average molecular weight is 196 g/mol. The summed E-state index contributed by atoms with van der Waals surface area (Å²) in [7, 11) is 0. The van der Waals surface area contributed by atoms with Gasteiger partial charge in [-0.3, -0.25) is 0 Å². The van der Waals surface area contributed by atoms with Crippen molar-refractivity contribution in [2.24, 2.45) is 0 Å². The van der Waals surface area contributed by atoms with E-state index in [0.29, 0.717) is 5.56 Å². The van der Waals surface area contributed by atoms with E-state index in [9.17, 15) is 4.79 Å². The number of hydrogen-bond acceptors (Lipinski definition) is 2. The fraction of sp³-hybridized carbons (Fsp3) is 0.300. The minimum absolute atomic E-state index is 0.355. The normalized spacial score (nSPS) is 9.92. The first-order valence-electron chi connectivity index (χ1n) is 4.05. The van der Waals surface area contributed by atoms with Gasteiger partial charge in [-0.15, -0.1) is 0 Å². The lowest BCUT2D eigenvalue weighted by atomic mass is 10.1. The molecule has 0 radical (unpaired) electrons. The third-order valence-electron chi connectivity index (χ3n) is 1.80. The van der Waals surface area contributed by atoms with Crippen LogP contribution in [0.15, 0.2) is 24.3 Å². The van der Waals surface area contributed by atoms with Crippen LogP contribution in [0.5, 0.6) is 0 Å². The first kappa shape index (κ1) is 10.1. The Labute approximate surface area is 82.0 Å². The van der Waals surface area contributed by atoms with Crippen LogP contribution in [-0.4, -0.2) is 23.1 Å². The summed E-state index contributed by atoms with van der Waals surface area (Å²) in [5.74, 6) is 0.211. The van der Waals surface area contributed by atoms with Gasteiger partial charge in [0.15, 0.2) is 0 Å². The zero-order valence-electron chi connectivity index (χ0n) is 7.49. The molecule has 1 aromatic rings. The lowest BCUT2D eigenvalue weighted by Crippen LogP contribution is -1.96. The largest absolute Gasteiger partial charge is 0.478 e. The molecule has 0 unspecified atom stereocenters. The molecule has 1 N–H and O–H groups in total. The quantitative estimate of drug-likeness (QED) is 0.802. The van der Waals surface area contributed by atoms with Crippen LogP contribution in [0.4, 0.5) is 0 Å². The van der Waals surface area contributed by atoms with Crippen LogP contribution in [0, 0.1) is 0 Å². The van der Waals surface area contributed by atoms with Gasteiger partial charge in [-0.05, 0) is 36.1 Å². The number of hydrogen-bond donors (Lipinski definition) is 1. The first-order valence-corrected chi connectivity index (χ1v) is 5.44. The molecule has 0 bridgehead atoms. The van der Waals surface area contributed by atoms with E-state index < -0.39 is 5.97 Å². The Morgan fingerprint density at radius 1 is 1.38 bits per heavy atom. The molecule has 0 saturated heterocycles. The zero-order valence-corrected chi connectivity index (χ0v) is 8.30. The summed E-state index contributed by atoms with van der Waals surface area (Å²) in [5, 5.41) is 8.65. The summed E-state index contributed by atoms with van der Waals surface area (Å²) in [6.45, 7) is 0. The van der Waals surface area contributed by atoms with E-state index in [1.54, 1.807) is 23.9 Å². The van der Waals surface area contributed by atoms with E-state index in [1.165, 1.54) is 5.56 Å². The van der Waals surface area contributed by atoms with Crippen LogP contribution in [0.1, 0.15) is 15.9 Å². The topological polar surface area (TPSA) is 37.3 Å². The second-order valence-electron chi connectivity index (χ2n) is 2.74. The Bertz CT molecular complexity index is 279. The van der Waals surface area contributed by atoms with Crippen molar-refractivity contribution in [1.82, 2.24) is 0 Å². The smallest absolute Gasteiger partial charge is 0.335 e. The third kappa shape index (κ3) is 3.11. The highest BCUT2D eigenvalue weighted by atomic mass is 32.2. The number of thioether (sulfide) groups is 1. The molecule has 70 valence electrons. The van der Waals surface area contributed by atoms with Crippen molar-refractivity contribution in [3.8, 4) is 0 Å². The maximum Gasteiger partial charge on any atom is 0.335 e. The monoisotopic (exact) mass is 196 g/mol. The van der Waals surface area contributed by atoms with E-state index in [1.807, 2.05) is 12.1 Å². The molecule has 0 saturated carbocycles. The number of carboxylic acid groups (broad SMARTS) is 1. The second kappa shape index (κ2) is 4.92. The van der Waals surface area contributed by atoms with Gasteiger partial charge in [0.25, 0.3) is 0 Å². The highest BCUT2D eigenvalue weighted by Crippen LogP contribution is 2.07. The molecule has 2 nitrogen and oxygen atoms in total. The summed E-state index contributed by atoms with van der Waals surface area (Å²) >= 11 is 1.79. The molecule has 3 heteroatoms. The van der Waals surface area contributed by atoms with Gasteiger partial charge in [0.05, 0.1) is 5.56 Å². The van der Waals surface area contributed by atoms with E-state index >= 15 is 0 Å². The Kier molecular flexibility index (Phi) is 3.83. The van der Waals surface area contributed by atoms with Crippen LogP contribution < -0.4 is 0 Å². The molecule has 0 heterocycles. The SMILES string of the molecule is CSCCc1ccc(C(=O)O)cc1. The van der Waals surface area contributed by atoms with E-state index in [2.05, 4.69) is 6.26 Å². The predicted molar refractivity (Wildman–Crippen MR) is 55.5 cm³/mol. The molecule has 0 spiro atoms. The number of benzene rings is 1. The highest BCUT2D eigenvalue weighted by molar-refractivity contribution is 7.98. The van der Waals surface area contributed by atoms with E-state index in [4.69, 9.17) is 5.11 Å². The van der Waals surface area contributed by atoms with Crippen LogP contribution in [0.25, 0.3) is 0 Å². The third-order valence-corrected chi connectivity index (χ3v) is 2.41. The van der Waals surface area contributed by atoms with Gasteiger partial charge in [-0.25, -0.2) is 4.79 Å². The molecular weight excluding hydrogens is 184 g/mol. The average Bonchev–Trinajstić information content (AvgIpc) is 2.15. The number of rotatable bonds is 4. The van der Waals surface area contributed by atoms with Crippen LogP contribution >= 0.6 is 11.8 Å². The zero-order chi connectivity index (χ0) is 9.68. The maximum absolute atomic E-state index is 10.5. The first-order chi connectivity index (χ1) is 6.24. The van der Waals surface area contributed by atoms with Crippen LogP contribution in [0.2, 0.25) is 0 Å². The van der Waals surface area contributed by atoms with Crippen LogP contribution in [-0.2, 0) is 6.42 Å². The van der Waals surface area contributed by atoms with Crippen molar-refractivity contribution in [2.45, 2.75) is 6.42 Å². The highest BCUT2D eigenvalue weighted by Gasteiger charge is 2.00. The van der Waals surface area contributed by atoms with Gasteiger partial charge in [-0.1, -0.05) is 12.1 Å². The summed E-state index contributed by atoms with van der Waals surface area (Å²) < 4.78 is 0. The summed E-state index contributed by atoms with van der Waals surface area (Å²) in [5.41, 5.74) is 1.55. The summed E-state index contributed by atoms with van der Waals surface area (Å²) in [6.07, 6.45) is 3.06. The minimum Gasteiger partial charge on any atom is -0.478 e. The van der Waals surface area contributed by atoms with Crippen molar-refractivity contribution in [1.29, 1.82) is 0 Å². The molecule has 0 amide bonds. The minimum atomic E-state index is -0.864. The number of carboxylic acids is 1. The van der Waals surface area contributed by atoms with Gasteiger partial charge in [0.2, 0.25) is 0 Å². The van der Waals surface area contributed by atoms with E-state index in [0.717, 1.165) is 12.2 Å². The van der Waals surface area contributed by atoms with Crippen molar-refractivity contribution >= 4 is 17.7 Å². The Hall–Kier alpha value is -0.960. The molecule has 1 aromatic carbocycles. The maximum atomic E-state index is 10.5. The molecular formula is C10H12O2S. The number of aryl methyl sites for hydroxylation is 1. The van der Waals surface area contributed by atoms with Crippen molar-refractivity contribution in [3.63, 3.8) is 0 Å². The number of aromatic carboxylic acids is 1. The molecule has 0 aliphatic heterocycles. The molecule has 13 heavy (non-hydrogen) atoms. The Balaban J connectivity index is 2.64. The lowest BCUT2D eigenvalue weighted by molar-refractivity contribution is 0.0697. The molecule has 0 aromatic heterocycles. The Morgan fingerprint density at radius 2 is 2.00 bits per heavy atom. The van der Waals surface area contributed by atoms with E-state index in [-0.39, 0.29) is 0 Å². The van der Waals surface area contributed by atoms with Crippen LogP contribution in [0.3, 0.4) is 0 Å². The molecule has 0 aliphatic carbocycles. The predicted octanol–water partition coefficient (Wildman–Crippen LogP) is 2.29. The van der Waals surface area contributed by atoms with Crippen molar-refractivity contribution in [3.05, 3.63) is 35.4 Å². The van der Waals surface area contributed by atoms with Crippen molar-refractivity contribution in [2.75, 3.05) is 12.0 Å². The van der Waals surface area contributed by atoms with Gasteiger partial charge in [0.1, 0.15) is 0 Å². The summed E-state index contributed by atoms with van der Waals surface area (Å²) in [6, 6.07) is 7.05. The summed E-state index contributed by atoms with van der Waals surface area (Å²) in [4.78, 5) is 10.5. The fourth-order valence-corrected chi connectivity index (χ4v) is 1.47. The van der Waals surface area contributed by atoms with Gasteiger partial charge >= 0.3 is 5.97 Å². The second-order valence-corrected chi connectivity index (χ2v) is 3.73. The van der Waals surface area contributed by atoms with Gasteiger partial charge in [0, 0.05) is 0 Å². The Morgan fingerprint density at radius 3 is 2.46 bits per heavy atom. The lowest BCUT2D eigenvalue weighted by Gasteiger charge is -1.99. The number of carbonyl (C=O) groups is 1. The fourth-order valence-electron chi connectivity index (χ4n) is 1.03. The molecule has 0 atom stereocenters.